The number of hydrogen-bond acceptors (Lipinski definition) is 3. The van der Waals surface area contributed by atoms with Gasteiger partial charge in [0.05, 0.1) is 0 Å². The first-order valence-corrected chi connectivity index (χ1v) is 11.4. The molecule has 0 aliphatic carbocycles. The van der Waals surface area contributed by atoms with E-state index in [1.807, 2.05) is 49.5 Å². The zero-order valence-electron chi connectivity index (χ0n) is 16.7. The second kappa shape index (κ2) is 9.20. The Bertz CT molecular complexity index is 992. The molecule has 1 amide bonds. The van der Waals surface area contributed by atoms with Crippen molar-refractivity contribution < 1.29 is 13.4 Å². The van der Waals surface area contributed by atoms with Gasteiger partial charge in [0.15, 0.2) is 0 Å². The van der Waals surface area contributed by atoms with Gasteiger partial charge >= 0.3 is 0 Å². The molecular formula is C23H27NO3S. The number of carbonyl (C=O) groups is 1. The summed E-state index contributed by atoms with van der Waals surface area (Å²) in [5.41, 5.74) is 3.49. The molecule has 0 radical (unpaired) electrons. The molecule has 1 heterocycles. The summed E-state index contributed by atoms with van der Waals surface area (Å²) >= 11 is 0. The van der Waals surface area contributed by atoms with Crippen molar-refractivity contribution in [1.29, 1.82) is 0 Å². The Morgan fingerprint density at radius 1 is 1.14 bits per heavy atom. The number of furan rings is 1. The maximum Gasteiger partial charge on any atom is 0.253 e. The fourth-order valence-corrected chi connectivity index (χ4v) is 4.07. The van der Waals surface area contributed by atoms with Crippen LogP contribution in [0.4, 0.5) is 0 Å². The van der Waals surface area contributed by atoms with Crippen molar-refractivity contribution in [2.45, 2.75) is 38.5 Å². The van der Waals surface area contributed by atoms with Crippen molar-refractivity contribution in [1.82, 2.24) is 4.90 Å². The summed E-state index contributed by atoms with van der Waals surface area (Å²) in [5.74, 6) is 1.38. The third-order valence-corrected chi connectivity index (χ3v) is 5.57. The number of rotatable bonds is 8. The van der Waals surface area contributed by atoms with Gasteiger partial charge in [0.25, 0.3) is 5.91 Å². The summed E-state index contributed by atoms with van der Waals surface area (Å²) in [4.78, 5) is 14.7. The molecule has 1 atom stereocenters. The normalized spacial score (nSPS) is 12.2. The van der Waals surface area contributed by atoms with E-state index in [1.54, 1.807) is 11.2 Å². The molecule has 3 aromatic rings. The molecule has 2 aromatic carbocycles. The number of amides is 1. The van der Waals surface area contributed by atoms with Crippen molar-refractivity contribution in [3.63, 3.8) is 0 Å². The van der Waals surface area contributed by atoms with E-state index >= 15 is 0 Å². The van der Waals surface area contributed by atoms with Crippen LogP contribution in [-0.2, 0) is 29.5 Å². The highest BCUT2D eigenvalue weighted by atomic mass is 32.2. The molecule has 148 valence electrons. The van der Waals surface area contributed by atoms with Crippen molar-refractivity contribution >= 4 is 27.7 Å². The van der Waals surface area contributed by atoms with E-state index in [2.05, 4.69) is 13.0 Å². The minimum atomic E-state index is -0.934. The Hall–Kier alpha value is -2.40. The average molecular weight is 398 g/mol. The molecule has 5 heteroatoms. The summed E-state index contributed by atoms with van der Waals surface area (Å²) in [7, 11) is 0.883. The highest BCUT2D eigenvalue weighted by Gasteiger charge is 2.19. The van der Waals surface area contributed by atoms with Crippen LogP contribution in [0, 0.1) is 0 Å². The molecule has 4 nitrogen and oxygen atoms in total. The molecule has 0 aliphatic rings. The van der Waals surface area contributed by atoms with Crippen molar-refractivity contribution in [2.75, 3.05) is 13.3 Å². The van der Waals surface area contributed by atoms with Gasteiger partial charge in [-0.25, -0.2) is 0 Å². The maximum atomic E-state index is 13.0. The van der Waals surface area contributed by atoms with E-state index in [-0.39, 0.29) is 5.91 Å². The lowest BCUT2D eigenvalue weighted by Gasteiger charge is -2.18. The van der Waals surface area contributed by atoms with Crippen LogP contribution in [0.1, 0.15) is 47.0 Å². The standard InChI is InChI=1S/C23H27NO3S/c1-4-5-12-22-20(19-11-6-7-13-21(19)27-22)15-24(2)23(25)18-10-8-9-17(14-18)16-28(3)26/h6-11,13-14H,4-5,12,15-16H2,1-3H3. The molecule has 0 N–H and O–H groups in total. The van der Waals surface area contributed by atoms with E-state index < -0.39 is 10.8 Å². The fraction of sp³-hybridized carbons (Fsp3) is 0.348. The van der Waals surface area contributed by atoms with Gasteiger partial charge in [0, 0.05) is 59.3 Å². The molecule has 0 spiro atoms. The molecule has 0 bridgehead atoms. The Balaban J connectivity index is 1.85. The molecule has 0 saturated carbocycles. The molecule has 0 saturated heterocycles. The number of fused-ring (bicyclic) bond motifs is 1. The van der Waals surface area contributed by atoms with Gasteiger partial charge in [0.2, 0.25) is 0 Å². The lowest BCUT2D eigenvalue weighted by molar-refractivity contribution is 0.0785. The van der Waals surface area contributed by atoms with E-state index in [9.17, 15) is 9.00 Å². The Kier molecular flexibility index (Phi) is 6.68. The summed E-state index contributed by atoms with van der Waals surface area (Å²) in [6, 6.07) is 15.4. The molecular weight excluding hydrogens is 370 g/mol. The second-order valence-corrected chi connectivity index (χ2v) is 8.62. The molecule has 1 unspecified atom stereocenters. The number of unbranched alkanes of at least 4 members (excludes halogenated alkanes) is 1. The molecule has 0 fully saturated rings. The van der Waals surface area contributed by atoms with E-state index in [4.69, 9.17) is 4.42 Å². The largest absolute Gasteiger partial charge is 0.461 e. The quantitative estimate of drug-likeness (QED) is 0.542. The molecule has 3 rings (SSSR count). The first-order chi connectivity index (χ1) is 13.5. The average Bonchev–Trinajstić information content (AvgIpc) is 3.03. The first kappa shape index (κ1) is 20.3. The number of para-hydroxylation sites is 1. The van der Waals surface area contributed by atoms with Crippen LogP contribution in [0.3, 0.4) is 0 Å². The predicted octanol–water partition coefficient (Wildman–Crippen LogP) is 4.93. The SMILES string of the molecule is CCCCc1oc2ccccc2c1CN(C)C(=O)c1cccc(CS(C)=O)c1. The van der Waals surface area contributed by atoms with Gasteiger partial charge in [-0.3, -0.25) is 9.00 Å². The van der Waals surface area contributed by atoms with Gasteiger partial charge in [0.1, 0.15) is 11.3 Å². The topological polar surface area (TPSA) is 50.5 Å². The van der Waals surface area contributed by atoms with Crippen LogP contribution in [0.5, 0.6) is 0 Å². The molecule has 0 aliphatic heterocycles. The molecule has 28 heavy (non-hydrogen) atoms. The van der Waals surface area contributed by atoms with Crippen LogP contribution >= 0.6 is 0 Å². The number of benzene rings is 2. The van der Waals surface area contributed by atoms with E-state index in [0.717, 1.165) is 47.1 Å². The van der Waals surface area contributed by atoms with Crippen molar-refractivity contribution in [3.8, 4) is 0 Å². The predicted molar refractivity (Wildman–Crippen MR) is 115 cm³/mol. The van der Waals surface area contributed by atoms with Crippen molar-refractivity contribution in [3.05, 3.63) is 71.0 Å². The third kappa shape index (κ3) is 4.71. The monoisotopic (exact) mass is 397 g/mol. The highest BCUT2D eigenvalue weighted by Crippen LogP contribution is 2.28. The zero-order chi connectivity index (χ0) is 20.1. The summed E-state index contributed by atoms with van der Waals surface area (Å²) in [5, 5.41) is 1.07. The Morgan fingerprint density at radius 2 is 1.93 bits per heavy atom. The van der Waals surface area contributed by atoms with Crippen molar-refractivity contribution in [2.24, 2.45) is 0 Å². The van der Waals surface area contributed by atoms with Crippen LogP contribution < -0.4 is 0 Å². The van der Waals surface area contributed by atoms with Crippen LogP contribution in [0.15, 0.2) is 52.9 Å². The lowest BCUT2D eigenvalue weighted by Crippen LogP contribution is -2.26. The van der Waals surface area contributed by atoms with Gasteiger partial charge in [-0.05, 0) is 30.2 Å². The first-order valence-electron chi connectivity index (χ1n) is 9.63. The van der Waals surface area contributed by atoms with Gasteiger partial charge in [-0.2, -0.15) is 0 Å². The Labute approximate surface area is 169 Å². The summed E-state index contributed by atoms with van der Waals surface area (Å²) in [6.45, 7) is 2.66. The minimum absolute atomic E-state index is 0.0459. The number of hydrogen-bond donors (Lipinski definition) is 0. The lowest BCUT2D eigenvalue weighted by atomic mass is 10.1. The highest BCUT2D eigenvalue weighted by molar-refractivity contribution is 7.83. The van der Waals surface area contributed by atoms with E-state index in [0.29, 0.717) is 17.9 Å². The minimum Gasteiger partial charge on any atom is -0.461 e. The van der Waals surface area contributed by atoms with E-state index in [1.165, 1.54) is 0 Å². The smallest absolute Gasteiger partial charge is 0.253 e. The van der Waals surface area contributed by atoms with Crippen LogP contribution in [-0.4, -0.2) is 28.3 Å². The maximum absolute atomic E-state index is 13.0. The summed E-state index contributed by atoms with van der Waals surface area (Å²) < 4.78 is 17.6. The Morgan fingerprint density at radius 3 is 2.68 bits per heavy atom. The second-order valence-electron chi connectivity index (χ2n) is 7.18. The van der Waals surface area contributed by atoms with Crippen LogP contribution in [0.25, 0.3) is 11.0 Å². The van der Waals surface area contributed by atoms with Crippen LogP contribution in [0.2, 0.25) is 0 Å². The number of nitrogens with zero attached hydrogens (tertiary/aromatic N) is 1. The third-order valence-electron chi connectivity index (χ3n) is 4.83. The van der Waals surface area contributed by atoms with Gasteiger partial charge in [-0.1, -0.05) is 43.7 Å². The van der Waals surface area contributed by atoms with Gasteiger partial charge < -0.3 is 9.32 Å². The zero-order valence-corrected chi connectivity index (χ0v) is 17.6. The number of carbonyl (C=O) groups excluding carboxylic acids is 1. The fourth-order valence-electron chi connectivity index (χ4n) is 3.42. The summed E-state index contributed by atoms with van der Waals surface area (Å²) in [6.07, 6.45) is 4.69. The number of aryl methyl sites for hydroxylation is 1. The molecule has 1 aromatic heterocycles. The van der Waals surface area contributed by atoms with Gasteiger partial charge in [-0.15, -0.1) is 0 Å².